The van der Waals surface area contributed by atoms with Gasteiger partial charge >= 0.3 is 6.09 Å². The molecule has 0 aromatic carbocycles. The van der Waals surface area contributed by atoms with Crippen LogP contribution in [0.5, 0.6) is 0 Å². The van der Waals surface area contributed by atoms with Gasteiger partial charge < -0.3 is 15.4 Å². The third-order valence-electron chi connectivity index (χ3n) is 1.56. The Balaban J connectivity index is 3.91. The monoisotopic (exact) mass is 173 g/mol. The number of nitrogens with one attached hydrogen (secondary N) is 1. The third kappa shape index (κ3) is 3.23. The summed E-state index contributed by atoms with van der Waals surface area (Å²) in [6.45, 7) is 2.18. The maximum absolute atomic E-state index is 10.9. The zero-order valence-corrected chi connectivity index (χ0v) is 7.63. The van der Waals surface area contributed by atoms with Crippen molar-refractivity contribution in [1.29, 1.82) is 5.41 Å². The zero-order chi connectivity index (χ0) is 9.72. The lowest BCUT2D eigenvalue weighted by Gasteiger charge is -2.18. The van der Waals surface area contributed by atoms with E-state index in [2.05, 4.69) is 4.74 Å². The smallest absolute Gasteiger partial charge is 0.409 e. The summed E-state index contributed by atoms with van der Waals surface area (Å²) in [5.74, 6) is -0.0557. The number of nitrogens with zero attached hydrogens (tertiary/aromatic N) is 1. The summed E-state index contributed by atoms with van der Waals surface area (Å²) in [4.78, 5) is 12.2. The van der Waals surface area contributed by atoms with E-state index >= 15 is 0 Å². The molecule has 0 saturated heterocycles. The molecule has 0 saturated carbocycles. The molecule has 1 amide bonds. The molecule has 0 radical (unpaired) electrons. The molecule has 0 heterocycles. The van der Waals surface area contributed by atoms with E-state index in [0.717, 1.165) is 0 Å². The quantitative estimate of drug-likeness (QED) is 0.474. The van der Waals surface area contributed by atoms with Crippen molar-refractivity contribution in [2.75, 3.05) is 20.7 Å². The maximum atomic E-state index is 10.9. The van der Waals surface area contributed by atoms with Crippen LogP contribution in [0.2, 0.25) is 0 Å². The van der Waals surface area contributed by atoms with E-state index in [1.165, 1.54) is 12.0 Å². The van der Waals surface area contributed by atoms with Crippen LogP contribution in [0.3, 0.4) is 0 Å². The number of rotatable bonds is 3. The highest BCUT2D eigenvalue weighted by atomic mass is 16.5. The Labute approximate surface area is 72.0 Å². The van der Waals surface area contributed by atoms with Crippen molar-refractivity contribution in [3.63, 3.8) is 0 Å². The Hall–Kier alpha value is -1.26. The molecule has 0 aliphatic rings. The summed E-state index contributed by atoms with van der Waals surface area (Å²) in [7, 11) is 2.92. The predicted octanol–water partition coefficient (Wildman–Crippen LogP) is 0.257. The summed E-state index contributed by atoms with van der Waals surface area (Å²) < 4.78 is 4.47. The number of carbonyl (C=O) groups excluding carboxylic acids is 1. The Morgan fingerprint density at radius 1 is 1.75 bits per heavy atom. The van der Waals surface area contributed by atoms with E-state index in [1.807, 2.05) is 0 Å². The molecular weight excluding hydrogens is 158 g/mol. The number of methoxy groups -OCH3 is 1. The fourth-order valence-electron chi connectivity index (χ4n) is 0.740. The van der Waals surface area contributed by atoms with Crippen LogP contribution in [-0.4, -0.2) is 37.5 Å². The van der Waals surface area contributed by atoms with Gasteiger partial charge in [0.25, 0.3) is 0 Å². The highest BCUT2D eigenvalue weighted by Crippen LogP contribution is 1.98. The first-order valence-electron chi connectivity index (χ1n) is 3.62. The molecule has 5 nitrogen and oxygen atoms in total. The van der Waals surface area contributed by atoms with Gasteiger partial charge in [-0.15, -0.1) is 0 Å². The second kappa shape index (κ2) is 4.58. The van der Waals surface area contributed by atoms with Gasteiger partial charge in [-0.3, -0.25) is 5.41 Å². The van der Waals surface area contributed by atoms with Crippen molar-refractivity contribution in [3.8, 4) is 0 Å². The van der Waals surface area contributed by atoms with E-state index < -0.39 is 6.09 Å². The number of ether oxygens (including phenoxy) is 1. The molecule has 0 aromatic rings. The first-order valence-corrected chi connectivity index (χ1v) is 3.62. The van der Waals surface area contributed by atoms with Gasteiger partial charge in [0.15, 0.2) is 0 Å². The summed E-state index contributed by atoms with van der Waals surface area (Å²) in [5, 5.41) is 7.09. The molecular formula is C7H15N3O2. The Kier molecular flexibility index (Phi) is 4.10. The second-order valence-electron chi connectivity index (χ2n) is 2.71. The van der Waals surface area contributed by atoms with Gasteiger partial charge in [-0.2, -0.15) is 0 Å². The Morgan fingerprint density at radius 3 is 2.58 bits per heavy atom. The topological polar surface area (TPSA) is 79.4 Å². The van der Waals surface area contributed by atoms with Crippen molar-refractivity contribution in [2.24, 2.45) is 11.7 Å². The average Bonchev–Trinajstić information content (AvgIpc) is 2.02. The van der Waals surface area contributed by atoms with Gasteiger partial charge in [0.1, 0.15) is 0 Å². The standard InChI is InChI=1S/C7H15N3O2/c1-5(6(8)9)4-10(2)7(11)12-3/h5H,4H2,1-3H3,(H3,8,9). The van der Waals surface area contributed by atoms with Gasteiger partial charge in [0, 0.05) is 19.5 Å². The van der Waals surface area contributed by atoms with Crippen LogP contribution in [0.4, 0.5) is 4.79 Å². The van der Waals surface area contributed by atoms with E-state index in [-0.39, 0.29) is 11.8 Å². The minimum absolute atomic E-state index is 0.0748. The number of carbonyl (C=O) groups is 1. The van der Waals surface area contributed by atoms with Crippen molar-refractivity contribution in [2.45, 2.75) is 6.92 Å². The van der Waals surface area contributed by atoms with Crippen LogP contribution in [0, 0.1) is 11.3 Å². The molecule has 1 atom stereocenters. The predicted molar refractivity (Wildman–Crippen MR) is 46.1 cm³/mol. The number of amidine groups is 1. The minimum Gasteiger partial charge on any atom is -0.453 e. The first kappa shape index (κ1) is 10.7. The van der Waals surface area contributed by atoms with E-state index in [9.17, 15) is 4.79 Å². The average molecular weight is 173 g/mol. The summed E-state index contributed by atoms with van der Waals surface area (Å²) in [6.07, 6.45) is -0.414. The molecule has 0 bridgehead atoms. The van der Waals surface area contributed by atoms with Gasteiger partial charge in [0.2, 0.25) is 0 Å². The van der Waals surface area contributed by atoms with Crippen LogP contribution in [-0.2, 0) is 4.74 Å². The molecule has 1 unspecified atom stereocenters. The Morgan fingerprint density at radius 2 is 2.25 bits per heavy atom. The fourth-order valence-corrected chi connectivity index (χ4v) is 0.740. The Bertz CT molecular complexity index is 181. The fraction of sp³-hybridized carbons (Fsp3) is 0.714. The molecule has 0 fully saturated rings. The van der Waals surface area contributed by atoms with Crippen LogP contribution >= 0.6 is 0 Å². The van der Waals surface area contributed by atoms with Crippen molar-refractivity contribution >= 4 is 11.9 Å². The molecule has 5 heteroatoms. The third-order valence-corrected chi connectivity index (χ3v) is 1.56. The lowest BCUT2D eigenvalue weighted by Crippen LogP contribution is -2.35. The van der Waals surface area contributed by atoms with Crippen molar-refractivity contribution < 1.29 is 9.53 Å². The lowest BCUT2D eigenvalue weighted by atomic mass is 10.1. The number of hydrogen-bond donors (Lipinski definition) is 2. The van der Waals surface area contributed by atoms with Crippen LogP contribution in [0.25, 0.3) is 0 Å². The van der Waals surface area contributed by atoms with Crippen molar-refractivity contribution in [1.82, 2.24) is 4.90 Å². The lowest BCUT2D eigenvalue weighted by molar-refractivity contribution is 0.131. The summed E-state index contributed by atoms with van der Waals surface area (Å²) >= 11 is 0. The summed E-state index contributed by atoms with van der Waals surface area (Å²) in [6, 6.07) is 0. The van der Waals surface area contributed by atoms with Crippen LogP contribution in [0.1, 0.15) is 6.92 Å². The molecule has 0 aliphatic carbocycles. The molecule has 0 aromatic heterocycles. The number of hydrogen-bond acceptors (Lipinski definition) is 3. The van der Waals surface area contributed by atoms with Gasteiger partial charge in [-0.1, -0.05) is 6.92 Å². The van der Waals surface area contributed by atoms with Gasteiger partial charge in [-0.25, -0.2) is 4.79 Å². The molecule has 12 heavy (non-hydrogen) atoms. The normalized spacial score (nSPS) is 11.9. The number of amides is 1. The van der Waals surface area contributed by atoms with E-state index in [1.54, 1.807) is 14.0 Å². The molecule has 0 rings (SSSR count). The molecule has 3 N–H and O–H groups in total. The highest BCUT2D eigenvalue weighted by molar-refractivity contribution is 5.80. The van der Waals surface area contributed by atoms with Gasteiger partial charge in [-0.05, 0) is 0 Å². The van der Waals surface area contributed by atoms with E-state index in [4.69, 9.17) is 11.1 Å². The maximum Gasteiger partial charge on any atom is 0.409 e. The van der Waals surface area contributed by atoms with Crippen LogP contribution < -0.4 is 5.73 Å². The SMILES string of the molecule is COC(=O)N(C)CC(C)C(=N)N. The largest absolute Gasteiger partial charge is 0.453 e. The molecule has 0 aliphatic heterocycles. The van der Waals surface area contributed by atoms with Crippen LogP contribution in [0.15, 0.2) is 0 Å². The number of nitrogens with two attached hydrogens (primary N) is 1. The second-order valence-corrected chi connectivity index (χ2v) is 2.71. The zero-order valence-electron chi connectivity index (χ0n) is 7.63. The molecule has 0 spiro atoms. The first-order chi connectivity index (χ1) is 5.49. The minimum atomic E-state index is -0.414. The van der Waals surface area contributed by atoms with E-state index in [0.29, 0.717) is 6.54 Å². The molecule has 70 valence electrons. The highest BCUT2D eigenvalue weighted by Gasteiger charge is 2.13. The summed E-state index contributed by atoms with van der Waals surface area (Å²) in [5.41, 5.74) is 5.23. The van der Waals surface area contributed by atoms with Crippen molar-refractivity contribution in [3.05, 3.63) is 0 Å². The van der Waals surface area contributed by atoms with Gasteiger partial charge in [0.05, 0.1) is 12.9 Å².